The van der Waals surface area contributed by atoms with Crippen molar-refractivity contribution in [2.45, 2.75) is 19.5 Å². The molecule has 0 fully saturated rings. The van der Waals surface area contributed by atoms with Crippen molar-refractivity contribution >= 4 is 13.3 Å². The Morgan fingerprint density at radius 1 is 0.889 bits per heavy atom. The van der Waals surface area contributed by atoms with Crippen molar-refractivity contribution in [1.82, 2.24) is 0 Å². The molecule has 0 heterocycles. The molecule has 0 atom stereocenters. The van der Waals surface area contributed by atoms with Crippen molar-refractivity contribution in [2.24, 2.45) is 0 Å². The highest BCUT2D eigenvalue weighted by atomic mass is 28.3. The van der Waals surface area contributed by atoms with Gasteiger partial charge in [-0.25, -0.2) is 0 Å². The standard InChI is InChI=1S/C17H20Si/c1-15(14-16-10-6-4-7-11-16)18(2,3)17-12-8-5-9-13-17/h4-13H,1,14H2,2-3H3. The van der Waals surface area contributed by atoms with E-state index in [1.165, 1.54) is 15.9 Å². The van der Waals surface area contributed by atoms with E-state index in [0.717, 1.165) is 6.42 Å². The quantitative estimate of drug-likeness (QED) is 0.723. The first kappa shape index (κ1) is 12.8. The van der Waals surface area contributed by atoms with Crippen molar-refractivity contribution in [3.05, 3.63) is 78.0 Å². The summed E-state index contributed by atoms with van der Waals surface area (Å²) in [5, 5.41) is 2.85. The SMILES string of the molecule is C=C(Cc1ccccc1)[Si](C)(C)c1ccccc1. The number of hydrogen-bond donors (Lipinski definition) is 0. The molecule has 0 unspecified atom stereocenters. The molecule has 0 aliphatic rings. The Morgan fingerprint density at radius 2 is 1.39 bits per heavy atom. The Kier molecular flexibility index (Phi) is 3.83. The summed E-state index contributed by atoms with van der Waals surface area (Å²) in [4.78, 5) is 0. The van der Waals surface area contributed by atoms with E-state index in [9.17, 15) is 0 Å². The summed E-state index contributed by atoms with van der Waals surface area (Å²) in [6, 6.07) is 21.4. The summed E-state index contributed by atoms with van der Waals surface area (Å²) in [5.74, 6) is 0. The minimum Gasteiger partial charge on any atom is -0.103 e. The van der Waals surface area contributed by atoms with Gasteiger partial charge in [-0.3, -0.25) is 0 Å². The van der Waals surface area contributed by atoms with Gasteiger partial charge in [0.15, 0.2) is 0 Å². The lowest BCUT2D eigenvalue weighted by Crippen LogP contribution is -2.44. The zero-order valence-corrected chi connectivity index (χ0v) is 12.2. The van der Waals surface area contributed by atoms with Crippen LogP contribution in [0.1, 0.15) is 5.56 Å². The van der Waals surface area contributed by atoms with E-state index in [1.54, 1.807) is 0 Å². The van der Waals surface area contributed by atoms with Crippen LogP contribution in [0.15, 0.2) is 72.4 Å². The van der Waals surface area contributed by atoms with Gasteiger partial charge in [-0.15, -0.1) is 6.58 Å². The molecule has 2 aromatic rings. The number of allylic oxidation sites excluding steroid dienone is 1. The Hall–Kier alpha value is -1.60. The lowest BCUT2D eigenvalue weighted by Gasteiger charge is -2.26. The molecule has 0 saturated heterocycles. The third kappa shape index (κ3) is 2.80. The van der Waals surface area contributed by atoms with Crippen LogP contribution in [0.25, 0.3) is 0 Å². The van der Waals surface area contributed by atoms with E-state index in [0.29, 0.717) is 0 Å². The zero-order valence-electron chi connectivity index (χ0n) is 11.2. The molecule has 0 aromatic heterocycles. The van der Waals surface area contributed by atoms with Crippen LogP contribution in [-0.2, 0) is 6.42 Å². The third-order valence-electron chi connectivity index (χ3n) is 3.64. The molecule has 18 heavy (non-hydrogen) atoms. The van der Waals surface area contributed by atoms with Gasteiger partial charge in [-0.05, 0) is 12.0 Å². The predicted octanol–water partition coefficient (Wildman–Crippen LogP) is 3.94. The fraction of sp³-hybridized carbons (Fsp3) is 0.176. The number of rotatable bonds is 4. The first-order valence-corrected chi connectivity index (χ1v) is 9.38. The van der Waals surface area contributed by atoms with E-state index < -0.39 is 8.07 Å². The fourth-order valence-corrected chi connectivity index (χ4v) is 4.20. The van der Waals surface area contributed by atoms with Crippen molar-refractivity contribution in [1.29, 1.82) is 0 Å². The van der Waals surface area contributed by atoms with E-state index in [1.807, 2.05) is 0 Å². The highest BCUT2D eigenvalue weighted by Crippen LogP contribution is 2.18. The van der Waals surface area contributed by atoms with Gasteiger partial charge in [-0.2, -0.15) is 0 Å². The molecule has 0 N–H and O–H groups in total. The van der Waals surface area contributed by atoms with E-state index in [2.05, 4.69) is 80.3 Å². The van der Waals surface area contributed by atoms with Gasteiger partial charge >= 0.3 is 0 Å². The van der Waals surface area contributed by atoms with E-state index in [4.69, 9.17) is 0 Å². The molecule has 0 bridgehead atoms. The van der Waals surface area contributed by atoms with Gasteiger partial charge in [0.25, 0.3) is 0 Å². The maximum Gasteiger partial charge on any atom is 0.107 e. The van der Waals surface area contributed by atoms with Crippen LogP contribution in [0.4, 0.5) is 0 Å². The molecule has 0 spiro atoms. The predicted molar refractivity (Wildman–Crippen MR) is 82.8 cm³/mol. The largest absolute Gasteiger partial charge is 0.107 e. The molecule has 2 aromatic carbocycles. The summed E-state index contributed by atoms with van der Waals surface area (Å²) in [7, 11) is -1.56. The molecule has 2 rings (SSSR count). The highest BCUT2D eigenvalue weighted by Gasteiger charge is 2.26. The normalized spacial score (nSPS) is 11.2. The van der Waals surface area contributed by atoms with Gasteiger partial charge in [0, 0.05) is 0 Å². The van der Waals surface area contributed by atoms with Crippen LogP contribution in [0, 0.1) is 0 Å². The molecular formula is C17H20Si. The first-order chi connectivity index (χ1) is 8.60. The average molecular weight is 252 g/mol. The van der Waals surface area contributed by atoms with Crippen molar-refractivity contribution < 1.29 is 0 Å². The highest BCUT2D eigenvalue weighted by molar-refractivity contribution is 6.95. The van der Waals surface area contributed by atoms with E-state index in [-0.39, 0.29) is 0 Å². The zero-order chi connectivity index (χ0) is 13.0. The molecule has 0 amide bonds. The van der Waals surface area contributed by atoms with Crippen LogP contribution >= 0.6 is 0 Å². The van der Waals surface area contributed by atoms with Gasteiger partial charge in [-0.1, -0.05) is 84.1 Å². The minimum atomic E-state index is -1.56. The Morgan fingerprint density at radius 3 is 1.94 bits per heavy atom. The minimum absolute atomic E-state index is 0.995. The molecule has 1 heteroatoms. The summed E-state index contributed by atoms with van der Waals surface area (Å²) in [5.41, 5.74) is 1.36. The Labute approximate surface area is 111 Å². The number of hydrogen-bond acceptors (Lipinski definition) is 0. The fourth-order valence-electron chi connectivity index (χ4n) is 2.12. The topological polar surface area (TPSA) is 0 Å². The van der Waals surface area contributed by atoms with Gasteiger partial charge in [0.1, 0.15) is 8.07 Å². The molecule has 92 valence electrons. The van der Waals surface area contributed by atoms with Crippen molar-refractivity contribution in [2.75, 3.05) is 0 Å². The Bertz CT molecular complexity index is 512. The lowest BCUT2D eigenvalue weighted by atomic mass is 10.1. The Balaban J connectivity index is 2.18. The van der Waals surface area contributed by atoms with Crippen molar-refractivity contribution in [3.8, 4) is 0 Å². The second-order valence-corrected chi connectivity index (χ2v) is 9.79. The first-order valence-electron chi connectivity index (χ1n) is 6.38. The van der Waals surface area contributed by atoms with Crippen LogP contribution in [0.3, 0.4) is 0 Å². The van der Waals surface area contributed by atoms with Crippen LogP contribution in [-0.4, -0.2) is 8.07 Å². The summed E-state index contributed by atoms with van der Waals surface area (Å²) < 4.78 is 0. The van der Waals surface area contributed by atoms with Crippen LogP contribution in [0.5, 0.6) is 0 Å². The summed E-state index contributed by atoms with van der Waals surface area (Å²) >= 11 is 0. The molecule has 0 saturated carbocycles. The van der Waals surface area contributed by atoms with E-state index >= 15 is 0 Å². The summed E-state index contributed by atoms with van der Waals surface area (Å²) in [6.45, 7) is 9.12. The third-order valence-corrected chi connectivity index (χ3v) is 7.36. The molecule has 0 aliphatic carbocycles. The molecule has 0 aliphatic heterocycles. The second-order valence-electron chi connectivity index (χ2n) is 5.26. The van der Waals surface area contributed by atoms with Gasteiger partial charge in [0.2, 0.25) is 0 Å². The molecule has 0 radical (unpaired) electrons. The monoisotopic (exact) mass is 252 g/mol. The molecule has 0 nitrogen and oxygen atoms in total. The maximum absolute atomic E-state index is 4.36. The molecular weight excluding hydrogens is 232 g/mol. The number of benzene rings is 2. The van der Waals surface area contributed by atoms with Crippen molar-refractivity contribution in [3.63, 3.8) is 0 Å². The average Bonchev–Trinajstić information content (AvgIpc) is 2.41. The van der Waals surface area contributed by atoms with Crippen LogP contribution < -0.4 is 5.19 Å². The smallest absolute Gasteiger partial charge is 0.103 e. The summed E-state index contributed by atoms with van der Waals surface area (Å²) in [6.07, 6.45) is 0.995. The lowest BCUT2D eigenvalue weighted by molar-refractivity contribution is 1.23. The van der Waals surface area contributed by atoms with Gasteiger partial charge in [0.05, 0.1) is 0 Å². The second kappa shape index (κ2) is 5.36. The van der Waals surface area contributed by atoms with Crippen LogP contribution in [0.2, 0.25) is 13.1 Å². The van der Waals surface area contributed by atoms with Gasteiger partial charge < -0.3 is 0 Å². The maximum atomic E-state index is 4.36.